The zero-order valence-corrected chi connectivity index (χ0v) is 15.7. The van der Waals surface area contributed by atoms with Gasteiger partial charge >= 0.3 is 0 Å². The van der Waals surface area contributed by atoms with Crippen LogP contribution in [0.3, 0.4) is 0 Å². The van der Waals surface area contributed by atoms with Crippen LogP contribution in [0, 0.1) is 11.8 Å². The van der Waals surface area contributed by atoms with Gasteiger partial charge in [-0.2, -0.15) is 5.10 Å². The van der Waals surface area contributed by atoms with Crippen LogP contribution in [0.25, 0.3) is 5.82 Å². The minimum atomic E-state index is -0.312. The summed E-state index contributed by atoms with van der Waals surface area (Å²) in [6.45, 7) is 5.30. The Balaban J connectivity index is 1.61. The second-order valence-corrected chi connectivity index (χ2v) is 7.51. The molecule has 0 saturated carbocycles. The molecule has 0 aliphatic carbocycles. The van der Waals surface area contributed by atoms with E-state index in [-0.39, 0.29) is 24.2 Å². The Morgan fingerprint density at radius 3 is 2.80 bits per heavy atom. The van der Waals surface area contributed by atoms with Crippen LogP contribution in [0.1, 0.15) is 20.3 Å². The number of hydrogen-bond acceptors (Lipinski definition) is 4. The number of hydrogen-bond donors (Lipinski definition) is 1. The number of pyridine rings is 1. The first-order valence-electron chi connectivity index (χ1n) is 8.17. The Kier molecular flexibility index (Phi) is 5.17. The maximum Gasteiger partial charge on any atom is 0.229 e. The van der Waals surface area contributed by atoms with E-state index in [2.05, 4.69) is 45.2 Å². The molecule has 0 spiro atoms. The number of likely N-dealkylation sites (tertiary alicyclic amines) is 1. The van der Waals surface area contributed by atoms with Gasteiger partial charge in [0.2, 0.25) is 11.8 Å². The van der Waals surface area contributed by atoms with Crippen LogP contribution in [0.15, 0.2) is 35.2 Å². The molecule has 2 aromatic heterocycles. The molecule has 0 bridgehead atoms. The smallest absolute Gasteiger partial charge is 0.229 e. The molecule has 1 aliphatic heterocycles. The molecule has 132 valence electrons. The minimum absolute atomic E-state index is 0.0478. The van der Waals surface area contributed by atoms with Crippen LogP contribution in [-0.2, 0) is 9.59 Å². The Morgan fingerprint density at radius 2 is 2.20 bits per heavy atom. The average molecular weight is 406 g/mol. The Bertz CT molecular complexity index is 772. The van der Waals surface area contributed by atoms with Crippen LogP contribution in [0.5, 0.6) is 0 Å². The van der Waals surface area contributed by atoms with Crippen molar-refractivity contribution in [2.24, 2.45) is 11.8 Å². The van der Waals surface area contributed by atoms with Gasteiger partial charge in [-0.05, 0) is 34.0 Å². The van der Waals surface area contributed by atoms with Gasteiger partial charge in [0.1, 0.15) is 0 Å². The Labute approximate surface area is 154 Å². The molecule has 1 saturated heterocycles. The van der Waals surface area contributed by atoms with Crippen molar-refractivity contribution in [3.8, 4) is 5.82 Å². The first-order chi connectivity index (χ1) is 11.9. The number of nitrogens with one attached hydrogen (secondary N) is 1. The third-order valence-corrected chi connectivity index (χ3v) is 4.38. The fourth-order valence-electron chi connectivity index (χ4n) is 2.83. The molecular weight excluding hydrogens is 386 g/mol. The number of amides is 2. The highest BCUT2D eigenvalue weighted by Gasteiger charge is 2.34. The van der Waals surface area contributed by atoms with Gasteiger partial charge in [-0.3, -0.25) is 9.59 Å². The van der Waals surface area contributed by atoms with E-state index in [9.17, 15) is 9.59 Å². The van der Waals surface area contributed by atoms with Crippen LogP contribution in [-0.4, -0.2) is 44.6 Å². The maximum absolute atomic E-state index is 12.4. The summed E-state index contributed by atoms with van der Waals surface area (Å²) in [6, 6.07) is 3.55. The summed E-state index contributed by atoms with van der Waals surface area (Å²) in [5, 5.41) is 7.00. The number of anilines is 1. The first-order valence-corrected chi connectivity index (χ1v) is 8.97. The molecule has 1 N–H and O–H groups in total. The number of nitrogens with zero attached hydrogens (tertiary/aromatic N) is 4. The second-order valence-electron chi connectivity index (χ2n) is 6.59. The van der Waals surface area contributed by atoms with Gasteiger partial charge in [-0.15, -0.1) is 0 Å². The lowest BCUT2D eigenvalue weighted by Gasteiger charge is -2.18. The lowest BCUT2D eigenvalue weighted by molar-refractivity contribution is -0.128. The predicted molar refractivity (Wildman–Crippen MR) is 97.2 cm³/mol. The lowest BCUT2D eigenvalue weighted by atomic mass is 10.1. The fourth-order valence-corrected chi connectivity index (χ4v) is 3.12. The Morgan fingerprint density at radius 1 is 1.40 bits per heavy atom. The summed E-state index contributed by atoms with van der Waals surface area (Å²) >= 11 is 3.34. The molecule has 2 aromatic rings. The van der Waals surface area contributed by atoms with E-state index in [1.807, 2.05) is 0 Å². The summed E-state index contributed by atoms with van der Waals surface area (Å²) in [4.78, 5) is 30.5. The van der Waals surface area contributed by atoms with Gasteiger partial charge < -0.3 is 10.2 Å². The van der Waals surface area contributed by atoms with Crippen molar-refractivity contribution in [2.75, 3.05) is 18.4 Å². The molecule has 1 aliphatic rings. The highest BCUT2D eigenvalue weighted by atomic mass is 79.9. The maximum atomic E-state index is 12.4. The van der Waals surface area contributed by atoms with Crippen molar-refractivity contribution in [2.45, 2.75) is 20.3 Å². The highest BCUT2D eigenvalue weighted by Crippen LogP contribution is 2.21. The minimum Gasteiger partial charge on any atom is -0.342 e. The van der Waals surface area contributed by atoms with Crippen molar-refractivity contribution < 1.29 is 9.59 Å². The second kappa shape index (κ2) is 7.35. The van der Waals surface area contributed by atoms with E-state index in [1.165, 1.54) is 0 Å². The van der Waals surface area contributed by atoms with Gasteiger partial charge in [0.05, 0.1) is 28.5 Å². The lowest BCUT2D eigenvalue weighted by Crippen LogP contribution is -2.31. The summed E-state index contributed by atoms with van der Waals surface area (Å²) in [5.74, 6) is 0.642. The van der Waals surface area contributed by atoms with Gasteiger partial charge in [0.15, 0.2) is 5.82 Å². The van der Waals surface area contributed by atoms with E-state index in [0.29, 0.717) is 30.5 Å². The predicted octanol–water partition coefficient (Wildman–Crippen LogP) is 2.47. The normalized spacial score (nSPS) is 17.4. The van der Waals surface area contributed by atoms with E-state index < -0.39 is 0 Å². The SMILES string of the molecule is CC(C)CN1C[C@@H](C(=O)Nc2ccc(-n3cc(Br)cn3)nc2)CC1=O. The van der Waals surface area contributed by atoms with Crippen LogP contribution >= 0.6 is 15.9 Å². The van der Waals surface area contributed by atoms with Gasteiger partial charge in [0, 0.05) is 25.7 Å². The summed E-state index contributed by atoms with van der Waals surface area (Å²) < 4.78 is 2.50. The molecule has 1 fully saturated rings. The molecule has 2 amide bonds. The first kappa shape index (κ1) is 17.6. The monoisotopic (exact) mass is 405 g/mol. The molecular formula is C17H20BrN5O2. The largest absolute Gasteiger partial charge is 0.342 e. The van der Waals surface area contributed by atoms with Crippen LogP contribution in [0.2, 0.25) is 0 Å². The molecule has 3 rings (SSSR count). The van der Waals surface area contributed by atoms with Crippen molar-refractivity contribution in [3.05, 3.63) is 35.2 Å². The van der Waals surface area contributed by atoms with E-state index >= 15 is 0 Å². The quantitative estimate of drug-likeness (QED) is 0.828. The third kappa shape index (κ3) is 4.25. The van der Waals surface area contributed by atoms with Crippen molar-refractivity contribution in [3.63, 3.8) is 0 Å². The average Bonchev–Trinajstić information content (AvgIpc) is 3.14. The summed E-state index contributed by atoms with van der Waals surface area (Å²) in [6.07, 6.45) is 5.34. The number of halogens is 1. The van der Waals surface area contributed by atoms with Crippen LogP contribution < -0.4 is 5.32 Å². The van der Waals surface area contributed by atoms with Gasteiger partial charge in [-0.1, -0.05) is 13.8 Å². The Hall–Kier alpha value is -2.22. The number of aromatic nitrogens is 3. The highest BCUT2D eigenvalue weighted by molar-refractivity contribution is 9.10. The van der Waals surface area contributed by atoms with Gasteiger partial charge in [0.25, 0.3) is 0 Å². The molecule has 25 heavy (non-hydrogen) atoms. The molecule has 1 atom stereocenters. The standard InChI is InChI=1S/C17H20BrN5O2/c1-11(2)8-22-9-12(5-16(22)24)17(25)21-14-3-4-15(19-7-14)23-10-13(18)6-20-23/h3-4,6-7,10-12H,5,8-9H2,1-2H3,(H,21,25)/t12-/m0/s1. The molecule has 0 radical (unpaired) electrons. The van der Waals surface area contributed by atoms with Crippen molar-refractivity contribution >= 4 is 33.4 Å². The number of rotatable bonds is 5. The zero-order valence-electron chi connectivity index (χ0n) is 14.1. The van der Waals surface area contributed by atoms with E-state index in [1.54, 1.807) is 40.3 Å². The van der Waals surface area contributed by atoms with Gasteiger partial charge in [-0.25, -0.2) is 9.67 Å². The summed E-state index contributed by atoms with van der Waals surface area (Å²) in [7, 11) is 0. The van der Waals surface area contributed by atoms with Crippen molar-refractivity contribution in [1.82, 2.24) is 19.7 Å². The molecule has 8 heteroatoms. The number of carbonyl (C=O) groups is 2. The van der Waals surface area contributed by atoms with Crippen LogP contribution in [0.4, 0.5) is 5.69 Å². The molecule has 3 heterocycles. The molecule has 0 unspecified atom stereocenters. The molecule has 7 nitrogen and oxygen atoms in total. The molecule has 0 aromatic carbocycles. The van der Waals surface area contributed by atoms with E-state index in [0.717, 1.165) is 4.47 Å². The fraction of sp³-hybridized carbons (Fsp3) is 0.412. The number of carbonyl (C=O) groups excluding carboxylic acids is 2. The third-order valence-electron chi connectivity index (χ3n) is 3.97. The summed E-state index contributed by atoms with van der Waals surface area (Å²) in [5.41, 5.74) is 0.606. The zero-order chi connectivity index (χ0) is 18.0. The van der Waals surface area contributed by atoms with E-state index in [4.69, 9.17) is 0 Å². The topological polar surface area (TPSA) is 80.1 Å². The van der Waals surface area contributed by atoms with Crippen molar-refractivity contribution in [1.29, 1.82) is 0 Å².